The summed E-state index contributed by atoms with van der Waals surface area (Å²) in [5.41, 5.74) is -0.715. The quantitative estimate of drug-likeness (QED) is 0.848. The Morgan fingerprint density at radius 1 is 1.79 bits per heavy atom. The summed E-state index contributed by atoms with van der Waals surface area (Å²) in [6.07, 6.45) is 0. The van der Waals surface area contributed by atoms with Crippen molar-refractivity contribution in [1.82, 2.24) is 4.98 Å². The van der Waals surface area contributed by atoms with Gasteiger partial charge in [-0.15, -0.1) is 11.3 Å². The van der Waals surface area contributed by atoms with E-state index in [-0.39, 0.29) is 0 Å². The summed E-state index contributed by atoms with van der Waals surface area (Å²) in [4.78, 5) is 6.10. The van der Waals surface area contributed by atoms with E-state index in [2.05, 4.69) is 4.98 Å². The van der Waals surface area contributed by atoms with Crippen molar-refractivity contribution in [3.8, 4) is 0 Å². The van der Waals surface area contributed by atoms with Gasteiger partial charge in [-0.1, -0.05) is 11.6 Å². The van der Waals surface area contributed by atoms with Gasteiger partial charge in [-0.25, -0.2) is 4.98 Å². The summed E-state index contributed by atoms with van der Waals surface area (Å²) in [7, 11) is 1.58. The van der Waals surface area contributed by atoms with Crippen molar-refractivity contribution in [2.75, 3.05) is 31.7 Å². The average Bonchev–Trinajstić information content (AvgIpc) is 2.47. The van der Waals surface area contributed by atoms with Gasteiger partial charge in [0.25, 0.3) is 0 Å². The second-order valence-corrected chi connectivity index (χ2v) is 4.69. The van der Waals surface area contributed by atoms with Crippen LogP contribution in [0.3, 0.4) is 0 Å². The summed E-state index contributed by atoms with van der Waals surface area (Å²) in [5.74, 6) is 0. The highest BCUT2D eigenvalue weighted by Crippen LogP contribution is 2.31. The molecule has 0 amide bonds. The van der Waals surface area contributed by atoms with Gasteiger partial charge in [0.2, 0.25) is 0 Å². The third kappa shape index (κ3) is 1.86. The van der Waals surface area contributed by atoms with Crippen LogP contribution in [0.2, 0.25) is 5.15 Å². The van der Waals surface area contributed by atoms with Crippen molar-refractivity contribution in [3.05, 3.63) is 10.5 Å². The molecule has 0 atom stereocenters. The molecule has 1 aliphatic heterocycles. The maximum absolute atomic E-state index is 9.83. The van der Waals surface area contributed by atoms with E-state index in [1.165, 1.54) is 11.3 Å². The first-order valence-electron chi connectivity index (χ1n) is 4.20. The number of hydrogen-bond donors (Lipinski definition) is 1. The van der Waals surface area contributed by atoms with E-state index < -0.39 is 5.60 Å². The SMILES string of the molecule is COCC1(O)CN(c2nc(Cl)cs2)C1. The minimum Gasteiger partial charge on any atom is -0.384 e. The molecule has 1 aliphatic rings. The number of halogens is 1. The van der Waals surface area contributed by atoms with Crippen LogP contribution in [0, 0.1) is 0 Å². The first-order valence-corrected chi connectivity index (χ1v) is 5.46. The number of ether oxygens (including phenoxy) is 1. The minimum atomic E-state index is -0.715. The molecule has 1 saturated heterocycles. The van der Waals surface area contributed by atoms with Crippen LogP contribution in [0.15, 0.2) is 5.38 Å². The van der Waals surface area contributed by atoms with Crippen LogP contribution in [0.4, 0.5) is 5.13 Å². The molecule has 2 rings (SSSR count). The smallest absolute Gasteiger partial charge is 0.186 e. The molecule has 0 spiro atoms. The van der Waals surface area contributed by atoms with Gasteiger partial charge in [0.1, 0.15) is 10.8 Å². The summed E-state index contributed by atoms with van der Waals surface area (Å²) >= 11 is 7.19. The first kappa shape index (κ1) is 10.2. The average molecular weight is 235 g/mol. The first-order chi connectivity index (χ1) is 6.63. The van der Waals surface area contributed by atoms with Gasteiger partial charge in [0.15, 0.2) is 5.13 Å². The van der Waals surface area contributed by atoms with E-state index in [0.717, 1.165) is 5.13 Å². The summed E-state index contributed by atoms with van der Waals surface area (Å²) < 4.78 is 4.92. The highest BCUT2D eigenvalue weighted by atomic mass is 35.5. The van der Waals surface area contributed by atoms with E-state index in [0.29, 0.717) is 24.8 Å². The van der Waals surface area contributed by atoms with Crippen LogP contribution in [-0.4, -0.2) is 42.5 Å². The molecular weight excluding hydrogens is 224 g/mol. The zero-order valence-electron chi connectivity index (χ0n) is 7.73. The molecule has 2 heterocycles. The molecule has 78 valence electrons. The Morgan fingerprint density at radius 3 is 3.00 bits per heavy atom. The number of rotatable bonds is 3. The number of methoxy groups -OCH3 is 1. The van der Waals surface area contributed by atoms with Crippen LogP contribution in [-0.2, 0) is 4.74 Å². The van der Waals surface area contributed by atoms with Crippen molar-refractivity contribution in [3.63, 3.8) is 0 Å². The highest BCUT2D eigenvalue weighted by Gasteiger charge is 2.42. The topological polar surface area (TPSA) is 45.6 Å². The summed E-state index contributed by atoms with van der Waals surface area (Å²) in [5, 5.41) is 13.0. The monoisotopic (exact) mass is 234 g/mol. The summed E-state index contributed by atoms with van der Waals surface area (Å²) in [6.45, 7) is 1.48. The fraction of sp³-hybridized carbons (Fsp3) is 0.625. The van der Waals surface area contributed by atoms with Gasteiger partial charge >= 0.3 is 0 Å². The predicted octanol–water partition coefficient (Wildman–Crippen LogP) is 0.994. The lowest BCUT2D eigenvalue weighted by molar-refractivity contribution is -0.0503. The van der Waals surface area contributed by atoms with Gasteiger partial charge in [-0.3, -0.25) is 0 Å². The van der Waals surface area contributed by atoms with Crippen LogP contribution < -0.4 is 4.90 Å². The van der Waals surface area contributed by atoms with Gasteiger partial charge in [-0.2, -0.15) is 0 Å². The Labute approximate surface area is 91.1 Å². The third-order valence-corrected chi connectivity index (χ3v) is 3.34. The van der Waals surface area contributed by atoms with E-state index in [4.69, 9.17) is 16.3 Å². The normalized spacial score (nSPS) is 19.5. The molecule has 1 aromatic rings. The number of thiazole rings is 1. The van der Waals surface area contributed by atoms with Gasteiger partial charge in [-0.05, 0) is 0 Å². The second-order valence-electron chi connectivity index (χ2n) is 3.47. The lowest BCUT2D eigenvalue weighted by Gasteiger charge is -2.45. The Bertz CT molecular complexity index is 325. The number of aromatic nitrogens is 1. The standard InChI is InChI=1S/C8H11ClN2O2S/c1-13-5-8(12)3-11(4-8)7-10-6(9)2-14-7/h2,12H,3-5H2,1H3. The Morgan fingerprint density at radius 2 is 2.50 bits per heavy atom. The molecule has 1 aromatic heterocycles. The molecule has 1 fully saturated rings. The zero-order valence-corrected chi connectivity index (χ0v) is 9.31. The molecule has 0 saturated carbocycles. The second kappa shape index (κ2) is 3.66. The maximum Gasteiger partial charge on any atom is 0.186 e. The van der Waals surface area contributed by atoms with Gasteiger partial charge < -0.3 is 14.7 Å². The lowest BCUT2D eigenvalue weighted by Crippen LogP contribution is -2.64. The van der Waals surface area contributed by atoms with Gasteiger partial charge in [0, 0.05) is 12.5 Å². The van der Waals surface area contributed by atoms with E-state index in [1.807, 2.05) is 4.90 Å². The highest BCUT2D eigenvalue weighted by molar-refractivity contribution is 7.14. The fourth-order valence-electron chi connectivity index (χ4n) is 1.55. The van der Waals surface area contributed by atoms with Crippen LogP contribution in [0.1, 0.15) is 0 Å². The number of anilines is 1. The largest absolute Gasteiger partial charge is 0.384 e. The summed E-state index contributed by atoms with van der Waals surface area (Å²) in [6, 6.07) is 0. The number of hydrogen-bond acceptors (Lipinski definition) is 5. The third-order valence-electron chi connectivity index (χ3n) is 2.12. The molecule has 1 N–H and O–H groups in total. The van der Waals surface area contributed by atoms with Gasteiger partial charge in [0.05, 0.1) is 19.7 Å². The molecule has 6 heteroatoms. The van der Waals surface area contributed by atoms with E-state index in [1.54, 1.807) is 12.5 Å². The lowest BCUT2D eigenvalue weighted by atomic mass is 9.96. The van der Waals surface area contributed by atoms with Crippen molar-refractivity contribution < 1.29 is 9.84 Å². The Kier molecular flexibility index (Phi) is 2.66. The molecule has 0 aliphatic carbocycles. The van der Waals surface area contributed by atoms with E-state index in [9.17, 15) is 5.11 Å². The van der Waals surface area contributed by atoms with E-state index >= 15 is 0 Å². The zero-order chi connectivity index (χ0) is 10.2. The van der Waals surface area contributed by atoms with Crippen LogP contribution >= 0.6 is 22.9 Å². The number of β-amino-alcohol motifs (C(OH)–C–C–N with tert-alkyl or cyclic N) is 1. The molecule has 4 nitrogen and oxygen atoms in total. The Hall–Kier alpha value is -0.360. The fourth-order valence-corrected chi connectivity index (χ4v) is 2.50. The molecule has 0 aromatic carbocycles. The van der Waals surface area contributed by atoms with Crippen LogP contribution in [0.25, 0.3) is 0 Å². The molecular formula is C8H11ClN2O2S. The molecule has 0 radical (unpaired) electrons. The van der Waals surface area contributed by atoms with Crippen molar-refractivity contribution in [1.29, 1.82) is 0 Å². The predicted molar refractivity (Wildman–Crippen MR) is 56.2 cm³/mol. The van der Waals surface area contributed by atoms with Crippen molar-refractivity contribution >= 4 is 28.1 Å². The number of nitrogens with zero attached hydrogens (tertiary/aromatic N) is 2. The van der Waals surface area contributed by atoms with Crippen LogP contribution in [0.5, 0.6) is 0 Å². The van der Waals surface area contributed by atoms with Crippen molar-refractivity contribution in [2.45, 2.75) is 5.60 Å². The maximum atomic E-state index is 9.83. The van der Waals surface area contributed by atoms with Crippen molar-refractivity contribution in [2.24, 2.45) is 0 Å². The Balaban J connectivity index is 1.94. The molecule has 14 heavy (non-hydrogen) atoms. The minimum absolute atomic E-state index is 0.364. The molecule has 0 bridgehead atoms. The number of aliphatic hydroxyl groups is 1. The molecule has 0 unspecified atom stereocenters.